The van der Waals surface area contributed by atoms with Gasteiger partial charge in [0, 0.05) is 53.4 Å². The second-order valence-electron chi connectivity index (χ2n) is 8.93. The molecule has 0 amide bonds. The molecule has 1 aliphatic rings. The highest BCUT2D eigenvalue weighted by Gasteiger charge is 2.65. The summed E-state index contributed by atoms with van der Waals surface area (Å²) in [5, 5.41) is 0. The van der Waals surface area contributed by atoms with Crippen LogP contribution in [0.5, 0.6) is 5.75 Å². The Hall–Kier alpha value is -2.46. The Balaban J connectivity index is 2.22. The predicted molar refractivity (Wildman–Crippen MR) is 115 cm³/mol. The van der Waals surface area contributed by atoms with Crippen LogP contribution < -0.4 is 10.2 Å². The van der Waals surface area contributed by atoms with Crippen molar-refractivity contribution >= 4 is 0 Å². The van der Waals surface area contributed by atoms with Crippen LogP contribution >= 0.6 is 0 Å². The number of aryl methyl sites for hydroxylation is 1. The number of H-pyrrole nitrogens is 1. The highest BCUT2D eigenvalue weighted by molar-refractivity contribution is 5.42. The fraction of sp³-hybridized carbons (Fsp3) is 0.542. The molecule has 188 valence electrons. The van der Waals surface area contributed by atoms with E-state index in [4.69, 9.17) is 14.2 Å². The molecule has 3 rings (SSSR count). The lowest BCUT2D eigenvalue weighted by Crippen LogP contribution is -2.46. The van der Waals surface area contributed by atoms with Crippen molar-refractivity contribution in [1.82, 2.24) is 4.98 Å². The minimum absolute atomic E-state index is 0.0159. The van der Waals surface area contributed by atoms with Crippen LogP contribution in [0.25, 0.3) is 0 Å². The molecule has 0 bridgehead atoms. The molecule has 5 nitrogen and oxygen atoms in total. The molecule has 1 saturated heterocycles. The van der Waals surface area contributed by atoms with E-state index in [-0.39, 0.29) is 29.2 Å². The highest BCUT2D eigenvalue weighted by Crippen LogP contribution is 2.59. The van der Waals surface area contributed by atoms with Crippen molar-refractivity contribution in [2.45, 2.75) is 57.4 Å². The summed E-state index contributed by atoms with van der Waals surface area (Å²) in [5.74, 6) is -5.58. The Bertz CT molecular complexity index is 1120. The van der Waals surface area contributed by atoms with Crippen molar-refractivity contribution in [3.63, 3.8) is 0 Å². The lowest BCUT2D eigenvalue weighted by molar-refractivity contribution is -0.275. The molecule has 1 fully saturated rings. The number of nitrogens with one attached hydrogen (secondary N) is 1. The summed E-state index contributed by atoms with van der Waals surface area (Å²) in [6.07, 6.45) is -6.08. The summed E-state index contributed by atoms with van der Waals surface area (Å²) in [7, 11) is 2.61. The lowest BCUT2D eigenvalue weighted by Gasteiger charge is -2.32. The van der Waals surface area contributed by atoms with Gasteiger partial charge in [-0.1, -0.05) is 19.9 Å². The zero-order chi connectivity index (χ0) is 25.6. The smallest absolute Gasteiger partial charge is 0.417 e. The van der Waals surface area contributed by atoms with Gasteiger partial charge >= 0.3 is 6.18 Å². The topological polar surface area (TPSA) is 60.6 Å². The van der Waals surface area contributed by atoms with Crippen LogP contribution in [-0.4, -0.2) is 37.6 Å². The van der Waals surface area contributed by atoms with E-state index in [1.54, 1.807) is 13.8 Å². The summed E-state index contributed by atoms with van der Waals surface area (Å²) in [6, 6.07) is 3.23. The van der Waals surface area contributed by atoms with Crippen molar-refractivity contribution in [2.75, 3.05) is 20.8 Å². The van der Waals surface area contributed by atoms with Crippen LogP contribution in [0.3, 0.4) is 0 Å². The monoisotopic (exact) mass is 489 g/mol. The van der Waals surface area contributed by atoms with Gasteiger partial charge < -0.3 is 19.2 Å². The summed E-state index contributed by atoms with van der Waals surface area (Å²) in [6.45, 7) is 5.96. The number of rotatable bonds is 6. The molecular formula is C24H28F5NO4. The summed E-state index contributed by atoms with van der Waals surface area (Å²) >= 11 is 0. The van der Waals surface area contributed by atoms with E-state index in [1.807, 2.05) is 0 Å². The number of hydrogen-bond acceptors (Lipinski definition) is 4. The van der Waals surface area contributed by atoms with Crippen LogP contribution in [0.15, 0.2) is 23.0 Å². The Morgan fingerprint density at radius 2 is 1.88 bits per heavy atom. The van der Waals surface area contributed by atoms with Gasteiger partial charge in [0.05, 0.1) is 13.7 Å². The standard InChI is InChI=1S/C24H28F5NO4/c1-11(10-32-5)18-13(3)30-16(9-17(18)31)22-19(12(2)23(4,34-22)24(27,28)29)14-7-8-15(25)20(26)21(14)33-6/h7-9,11-12,19,22H,10H2,1-6H3,(H,30,31)/t11-,12-,19-,22-,23+/m0/s1. The summed E-state index contributed by atoms with van der Waals surface area (Å²) in [4.78, 5) is 16.0. The number of aromatic amines is 1. The van der Waals surface area contributed by atoms with Crippen LogP contribution in [0.1, 0.15) is 61.2 Å². The van der Waals surface area contributed by atoms with E-state index in [9.17, 15) is 26.7 Å². The first-order chi connectivity index (χ1) is 15.8. The Labute approximate surface area is 194 Å². The molecule has 0 radical (unpaired) electrons. The van der Waals surface area contributed by atoms with Gasteiger partial charge in [-0.25, -0.2) is 4.39 Å². The molecule has 1 N–H and O–H groups in total. The molecule has 2 aromatic rings. The second kappa shape index (κ2) is 9.30. The van der Waals surface area contributed by atoms with E-state index in [2.05, 4.69) is 4.98 Å². The van der Waals surface area contributed by atoms with Gasteiger partial charge in [0.1, 0.15) is 6.10 Å². The van der Waals surface area contributed by atoms with Crippen molar-refractivity contribution in [3.05, 3.63) is 62.6 Å². The van der Waals surface area contributed by atoms with E-state index < -0.39 is 47.1 Å². The normalized spacial score (nSPS) is 26.0. The van der Waals surface area contributed by atoms with Gasteiger partial charge in [0.25, 0.3) is 0 Å². The van der Waals surface area contributed by atoms with Crippen LogP contribution in [0.4, 0.5) is 22.0 Å². The zero-order valence-corrected chi connectivity index (χ0v) is 19.8. The number of pyridine rings is 1. The van der Waals surface area contributed by atoms with Crippen molar-refractivity contribution < 1.29 is 36.2 Å². The van der Waals surface area contributed by atoms with E-state index >= 15 is 0 Å². The van der Waals surface area contributed by atoms with Gasteiger partial charge in [0.2, 0.25) is 5.82 Å². The van der Waals surface area contributed by atoms with Gasteiger partial charge in [-0.15, -0.1) is 0 Å². The molecular weight excluding hydrogens is 461 g/mol. The second-order valence-corrected chi connectivity index (χ2v) is 8.93. The van der Waals surface area contributed by atoms with Crippen LogP contribution in [0.2, 0.25) is 0 Å². The Morgan fingerprint density at radius 3 is 2.41 bits per heavy atom. The third-order valence-corrected chi connectivity index (χ3v) is 6.82. The average Bonchev–Trinajstić information content (AvgIpc) is 3.01. The maximum absolute atomic E-state index is 14.5. The predicted octanol–water partition coefficient (Wildman–Crippen LogP) is 5.53. The molecule has 2 heterocycles. The lowest BCUT2D eigenvalue weighted by atomic mass is 9.76. The number of methoxy groups -OCH3 is 2. The first-order valence-electron chi connectivity index (χ1n) is 10.8. The minimum Gasteiger partial charge on any atom is -0.493 e. The molecule has 10 heteroatoms. The summed E-state index contributed by atoms with van der Waals surface area (Å²) < 4.78 is 86.5. The fourth-order valence-corrected chi connectivity index (χ4v) is 4.90. The average molecular weight is 489 g/mol. The van der Waals surface area contributed by atoms with Crippen LogP contribution in [0, 0.1) is 24.5 Å². The SMILES string of the molecule is COC[C@H](C)c1c(C)[nH]c([C@@H]2O[C@@](C)(C(F)(F)F)[C@@H](C)[C@H]2c2ccc(F)c(F)c2OC)cc1=O. The van der Waals surface area contributed by atoms with E-state index in [0.717, 1.165) is 20.1 Å². The first-order valence-corrected chi connectivity index (χ1v) is 10.8. The van der Waals surface area contributed by atoms with Gasteiger partial charge in [-0.2, -0.15) is 17.6 Å². The first kappa shape index (κ1) is 26.2. The van der Waals surface area contributed by atoms with E-state index in [0.29, 0.717) is 11.3 Å². The molecule has 5 atom stereocenters. The van der Waals surface area contributed by atoms with Crippen molar-refractivity contribution in [3.8, 4) is 5.75 Å². The number of halogens is 5. The molecule has 0 aliphatic carbocycles. The third kappa shape index (κ3) is 4.22. The molecule has 0 spiro atoms. The molecule has 1 aliphatic heterocycles. The highest BCUT2D eigenvalue weighted by atomic mass is 19.4. The van der Waals surface area contributed by atoms with Crippen molar-refractivity contribution in [1.29, 1.82) is 0 Å². The molecule has 34 heavy (non-hydrogen) atoms. The van der Waals surface area contributed by atoms with Crippen LogP contribution in [-0.2, 0) is 9.47 Å². The number of aromatic nitrogens is 1. The quantitative estimate of drug-likeness (QED) is 0.542. The maximum atomic E-state index is 14.5. The Kier molecular flexibility index (Phi) is 7.15. The fourth-order valence-electron chi connectivity index (χ4n) is 4.90. The van der Waals surface area contributed by atoms with Gasteiger partial charge in [-0.3, -0.25) is 4.79 Å². The van der Waals surface area contributed by atoms with Gasteiger partial charge in [0.15, 0.2) is 22.6 Å². The third-order valence-electron chi connectivity index (χ3n) is 6.82. The Morgan fingerprint density at radius 1 is 1.24 bits per heavy atom. The van der Waals surface area contributed by atoms with Gasteiger partial charge in [-0.05, 0) is 19.9 Å². The maximum Gasteiger partial charge on any atom is 0.417 e. The zero-order valence-electron chi connectivity index (χ0n) is 19.8. The molecule has 0 saturated carbocycles. The minimum atomic E-state index is -4.77. The summed E-state index contributed by atoms with van der Waals surface area (Å²) in [5.41, 5.74) is -1.99. The number of alkyl halides is 3. The number of ether oxygens (including phenoxy) is 3. The van der Waals surface area contributed by atoms with E-state index in [1.165, 1.54) is 26.2 Å². The number of benzene rings is 1. The molecule has 1 aromatic carbocycles. The molecule has 1 aromatic heterocycles. The largest absolute Gasteiger partial charge is 0.493 e. The number of hydrogen-bond donors (Lipinski definition) is 1. The van der Waals surface area contributed by atoms with Crippen molar-refractivity contribution in [2.24, 2.45) is 5.92 Å². The molecule has 0 unspecified atom stereocenters.